The van der Waals surface area contributed by atoms with Gasteiger partial charge >= 0.3 is 0 Å². The first kappa shape index (κ1) is 11.5. The Balaban J connectivity index is 2.95. The molecular weight excluding hydrogens is 247 g/mol. The fraction of sp³-hybridized carbons (Fsp3) is 0.455. The molecule has 1 rings (SSSR count). The fourth-order valence-corrected chi connectivity index (χ4v) is 2.20. The Morgan fingerprint density at radius 1 is 1.50 bits per heavy atom. The third-order valence-corrected chi connectivity index (χ3v) is 3.11. The summed E-state index contributed by atoms with van der Waals surface area (Å²) >= 11 is 3.42. The summed E-state index contributed by atoms with van der Waals surface area (Å²) in [7, 11) is 1.47. The van der Waals surface area contributed by atoms with Gasteiger partial charge in [-0.1, -0.05) is 28.9 Å². The van der Waals surface area contributed by atoms with Gasteiger partial charge in [0, 0.05) is 5.33 Å². The first-order valence-electron chi connectivity index (χ1n) is 4.62. The smallest absolute Gasteiger partial charge is 0.165 e. The zero-order valence-electron chi connectivity index (χ0n) is 8.39. The van der Waals surface area contributed by atoms with Gasteiger partial charge in [0.25, 0.3) is 0 Å². The molecule has 0 N–H and O–H groups in total. The summed E-state index contributed by atoms with van der Waals surface area (Å²) in [5.74, 6) is 0.387. The van der Waals surface area contributed by atoms with Crippen LogP contribution in [-0.4, -0.2) is 12.4 Å². The minimum absolute atomic E-state index is 0.288. The van der Waals surface area contributed by atoms with E-state index in [1.165, 1.54) is 7.11 Å². The van der Waals surface area contributed by atoms with Crippen LogP contribution in [0.25, 0.3) is 0 Å². The van der Waals surface area contributed by atoms with Crippen LogP contribution in [0.1, 0.15) is 24.8 Å². The summed E-state index contributed by atoms with van der Waals surface area (Å²) in [5.41, 5.74) is 1.02. The second-order valence-electron chi connectivity index (χ2n) is 3.15. The number of hydrogen-bond acceptors (Lipinski definition) is 1. The third kappa shape index (κ3) is 2.47. The Labute approximate surface area is 92.4 Å². The van der Waals surface area contributed by atoms with Gasteiger partial charge < -0.3 is 4.74 Å². The molecule has 0 saturated heterocycles. The molecular formula is C11H14BrFO. The van der Waals surface area contributed by atoms with Gasteiger partial charge in [0.05, 0.1) is 7.11 Å². The molecule has 78 valence electrons. The van der Waals surface area contributed by atoms with E-state index in [0.717, 1.165) is 17.3 Å². The zero-order chi connectivity index (χ0) is 10.6. The molecule has 0 fully saturated rings. The minimum Gasteiger partial charge on any atom is -0.494 e. The molecule has 0 bridgehead atoms. The van der Waals surface area contributed by atoms with Gasteiger partial charge in [0.2, 0.25) is 0 Å². The quantitative estimate of drug-likeness (QED) is 0.750. The summed E-state index contributed by atoms with van der Waals surface area (Å²) in [6.07, 6.45) is 0.997. The van der Waals surface area contributed by atoms with Gasteiger partial charge in [-0.3, -0.25) is 0 Å². The van der Waals surface area contributed by atoms with Crippen molar-refractivity contribution in [2.45, 2.75) is 19.3 Å². The predicted molar refractivity (Wildman–Crippen MR) is 59.8 cm³/mol. The Morgan fingerprint density at radius 3 is 2.64 bits per heavy atom. The Morgan fingerprint density at radius 2 is 2.21 bits per heavy atom. The SMILES string of the molecule is CCC(CBr)c1ccc(OC)c(F)c1. The molecule has 1 aromatic rings. The van der Waals surface area contributed by atoms with Crippen molar-refractivity contribution < 1.29 is 9.13 Å². The van der Waals surface area contributed by atoms with E-state index < -0.39 is 0 Å². The summed E-state index contributed by atoms with van der Waals surface area (Å²) in [6, 6.07) is 5.14. The van der Waals surface area contributed by atoms with E-state index >= 15 is 0 Å². The number of alkyl halides is 1. The number of benzene rings is 1. The third-order valence-electron chi connectivity index (χ3n) is 2.33. The minimum atomic E-state index is -0.288. The predicted octanol–water partition coefficient (Wildman–Crippen LogP) is 3.72. The Hall–Kier alpha value is -0.570. The molecule has 0 aliphatic carbocycles. The van der Waals surface area contributed by atoms with Crippen molar-refractivity contribution in [3.05, 3.63) is 29.6 Å². The van der Waals surface area contributed by atoms with Crippen LogP contribution < -0.4 is 4.74 Å². The van der Waals surface area contributed by atoms with Crippen molar-refractivity contribution in [3.8, 4) is 5.75 Å². The summed E-state index contributed by atoms with van der Waals surface area (Å²) in [5, 5.41) is 0.856. The highest BCUT2D eigenvalue weighted by atomic mass is 79.9. The largest absolute Gasteiger partial charge is 0.494 e. The molecule has 1 aromatic carbocycles. The lowest BCUT2D eigenvalue weighted by Crippen LogP contribution is -1.99. The second kappa shape index (κ2) is 5.35. The summed E-state index contributed by atoms with van der Waals surface area (Å²) in [6.45, 7) is 2.09. The lowest BCUT2D eigenvalue weighted by molar-refractivity contribution is 0.386. The maximum absolute atomic E-state index is 13.3. The second-order valence-corrected chi connectivity index (χ2v) is 3.80. The van der Waals surface area contributed by atoms with Crippen molar-refractivity contribution in [3.63, 3.8) is 0 Å². The number of rotatable bonds is 4. The first-order valence-corrected chi connectivity index (χ1v) is 5.74. The molecule has 0 amide bonds. The Kier molecular flexibility index (Phi) is 4.39. The van der Waals surface area contributed by atoms with Crippen LogP contribution >= 0.6 is 15.9 Å². The molecule has 0 aliphatic heterocycles. The monoisotopic (exact) mass is 260 g/mol. The molecule has 0 spiro atoms. The van der Waals surface area contributed by atoms with Crippen LogP contribution in [0.2, 0.25) is 0 Å². The van der Waals surface area contributed by atoms with Crippen LogP contribution in [-0.2, 0) is 0 Å². The standard InChI is InChI=1S/C11H14BrFO/c1-3-8(7-12)9-4-5-11(14-2)10(13)6-9/h4-6,8H,3,7H2,1-2H3. The molecule has 0 aromatic heterocycles. The van der Waals surface area contributed by atoms with Gasteiger partial charge in [-0.25, -0.2) is 4.39 Å². The molecule has 1 nitrogen and oxygen atoms in total. The van der Waals surface area contributed by atoms with E-state index in [1.807, 2.05) is 6.07 Å². The van der Waals surface area contributed by atoms with E-state index in [4.69, 9.17) is 4.74 Å². The molecule has 0 saturated carbocycles. The van der Waals surface area contributed by atoms with Crippen LogP contribution in [0, 0.1) is 5.82 Å². The molecule has 14 heavy (non-hydrogen) atoms. The summed E-state index contributed by atoms with van der Waals surface area (Å²) in [4.78, 5) is 0. The number of ether oxygens (including phenoxy) is 1. The molecule has 0 aliphatic rings. The normalized spacial score (nSPS) is 12.6. The van der Waals surface area contributed by atoms with Crippen molar-refractivity contribution in [1.82, 2.24) is 0 Å². The van der Waals surface area contributed by atoms with Crippen molar-refractivity contribution in [2.24, 2.45) is 0 Å². The van der Waals surface area contributed by atoms with Crippen LogP contribution in [0.5, 0.6) is 5.75 Å². The van der Waals surface area contributed by atoms with Gasteiger partial charge in [-0.2, -0.15) is 0 Å². The molecule has 1 atom stereocenters. The highest BCUT2D eigenvalue weighted by Gasteiger charge is 2.10. The van der Waals surface area contributed by atoms with Gasteiger partial charge in [0.1, 0.15) is 0 Å². The van der Waals surface area contributed by atoms with E-state index in [2.05, 4.69) is 22.9 Å². The number of methoxy groups -OCH3 is 1. The summed E-state index contributed by atoms with van der Waals surface area (Å²) < 4.78 is 18.2. The van der Waals surface area contributed by atoms with E-state index in [-0.39, 0.29) is 5.82 Å². The van der Waals surface area contributed by atoms with Gasteiger partial charge in [-0.15, -0.1) is 0 Å². The van der Waals surface area contributed by atoms with E-state index in [1.54, 1.807) is 12.1 Å². The average molecular weight is 261 g/mol. The van der Waals surface area contributed by atoms with E-state index in [9.17, 15) is 4.39 Å². The van der Waals surface area contributed by atoms with Crippen molar-refractivity contribution in [1.29, 1.82) is 0 Å². The van der Waals surface area contributed by atoms with Crippen molar-refractivity contribution >= 4 is 15.9 Å². The molecule has 3 heteroatoms. The van der Waals surface area contributed by atoms with Crippen LogP contribution in [0.4, 0.5) is 4.39 Å². The lowest BCUT2D eigenvalue weighted by atomic mass is 9.98. The molecule has 0 heterocycles. The number of halogens is 2. The van der Waals surface area contributed by atoms with E-state index in [0.29, 0.717) is 11.7 Å². The topological polar surface area (TPSA) is 9.23 Å². The highest BCUT2D eigenvalue weighted by Crippen LogP contribution is 2.26. The van der Waals surface area contributed by atoms with Crippen molar-refractivity contribution in [2.75, 3.05) is 12.4 Å². The van der Waals surface area contributed by atoms with Crippen LogP contribution in [0.3, 0.4) is 0 Å². The zero-order valence-corrected chi connectivity index (χ0v) is 9.97. The van der Waals surface area contributed by atoms with Gasteiger partial charge in [-0.05, 0) is 30.0 Å². The molecule has 0 radical (unpaired) electrons. The lowest BCUT2D eigenvalue weighted by Gasteiger charge is -2.12. The maximum Gasteiger partial charge on any atom is 0.165 e. The molecule has 1 unspecified atom stereocenters. The highest BCUT2D eigenvalue weighted by molar-refractivity contribution is 9.09. The van der Waals surface area contributed by atoms with Gasteiger partial charge in [0.15, 0.2) is 11.6 Å². The van der Waals surface area contributed by atoms with Crippen LogP contribution in [0.15, 0.2) is 18.2 Å². The Bertz CT molecular complexity index is 297. The first-order chi connectivity index (χ1) is 6.72. The average Bonchev–Trinajstić information content (AvgIpc) is 2.20. The number of hydrogen-bond donors (Lipinski definition) is 0. The maximum atomic E-state index is 13.3. The fourth-order valence-electron chi connectivity index (χ4n) is 1.37.